The predicted octanol–water partition coefficient (Wildman–Crippen LogP) is 1.63. The maximum Gasteiger partial charge on any atom is 0.158 e. The van der Waals surface area contributed by atoms with Gasteiger partial charge in [-0.15, -0.1) is 0 Å². The van der Waals surface area contributed by atoms with E-state index in [9.17, 15) is 5.11 Å². The predicted molar refractivity (Wildman–Crippen MR) is 78.7 cm³/mol. The molecule has 1 heterocycles. The second kappa shape index (κ2) is 7.40. The molecule has 2 unspecified atom stereocenters. The molecule has 0 spiro atoms. The van der Waals surface area contributed by atoms with Crippen LogP contribution in [0.3, 0.4) is 0 Å². The van der Waals surface area contributed by atoms with Crippen LogP contribution in [0.2, 0.25) is 0 Å². The monoisotopic (exact) mass is 280 g/mol. The topological polar surface area (TPSA) is 79.3 Å². The van der Waals surface area contributed by atoms with Gasteiger partial charge in [0.2, 0.25) is 0 Å². The number of nitrogens with one attached hydrogen (secondary N) is 2. The Kier molecular flexibility index (Phi) is 5.55. The van der Waals surface area contributed by atoms with E-state index < -0.39 is 0 Å². The fourth-order valence-corrected chi connectivity index (χ4v) is 2.54. The number of aromatic nitrogens is 2. The highest BCUT2D eigenvalue weighted by Crippen LogP contribution is 2.25. The van der Waals surface area contributed by atoms with E-state index in [-0.39, 0.29) is 6.10 Å². The molecule has 6 heteroatoms. The maximum atomic E-state index is 9.84. The number of ether oxygens (including phenoxy) is 1. The standard InChI is InChI=1S/C14H24N4O2/c1-3-15-12-7-13(18-14(17-12)9-20-2)16-8-10-5-4-6-11(10)19/h7,10-11,19H,3-6,8-9H2,1-2H3,(H2,15,16,17,18). The molecule has 1 fully saturated rings. The van der Waals surface area contributed by atoms with Crippen molar-refractivity contribution < 1.29 is 9.84 Å². The first-order valence-electron chi connectivity index (χ1n) is 7.25. The highest BCUT2D eigenvalue weighted by molar-refractivity contribution is 5.47. The van der Waals surface area contributed by atoms with E-state index in [0.717, 1.165) is 44.0 Å². The van der Waals surface area contributed by atoms with E-state index in [1.54, 1.807) is 7.11 Å². The smallest absolute Gasteiger partial charge is 0.158 e. The van der Waals surface area contributed by atoms with Crippen LogP contribution in [-0.4, -0.2) is 41.4 Å². The number of anilines is 2. The fourth-order valence-electron chi connectivity index (χ4n) is 2.54. The number of rotatable bonds is 7. The molecule has 0 bridgehead atoms. The van der Waals surface area contributed by atoms with Crippen LogP contribution in [0.1, 0.15) is 32.0 Å². The SMILES string of the molecule is CCNc1cc(NCC2CCCC2O)nc(COC)n1. The summed E-state index contributed by atoms with van der Waals surface area (Å²) in [5.74, 6) is 2.55. The summed E-state index contributed by atoms with van der Waals surface area (Å²) in [7, 11) is 1.63. The molecule has 3 N–H and O–H groups in total. The van der Waals surface area contributed by atoms with Crippen molar-refractivity contribution in [3.05, 3.63) is 11.9 Å². The van der Waals surface area contributed by atoms with E-state index in [2.05, 4.69) is 20.6 Å². The van der Waals surface area contributed by atoms with Crippen LogP contribution >= 0.6 is 0 Å². The second-order valence-corrected chi connectivity index (χ2v) is 5.16. The van der Waals surface area contributed by atoms with Crippen LogP contribution in [0.25, 0.3) is 0 Å². The minimum atomic E-state index is -0.184. The highest BCUT2D eigenvalue weighted by Gasteiger charge is 2.24. The summed E-state index contributed by atoms with van der Waals surface area (Å²) in [6.45, 7) is 3.97. The summed E-state index contributed by atoms with van der Waals surface area (Å²) >= 11 is 0. The van der Waals surface area contributed by atoms with E-state index in [4.69, 9.17) is 4.74 Å². The van der Waals surface area contributed by atoms with Gasteiger partial charge in [0.1, 0.15) is 18.2 Å². The average molecular weight is 280 g/mol. The van der Waals surface area contributed by atoms with Gasteiger partial charge in [-0.2, -0.15) is 0 Å². The summed E-state index contributed by atoms with van der Waals surface area (Å²) in [5.41, 5.74) is 0. The lowest BCUT2D eigenvalue weighted by molar-refractivity contribution is 0.138. The molecule has 1 aliphatic carbocycles. The van der Waals surface area contributed by atoms with Crippen molar-refractivity contribution >= 4 is 11.6 Å². The van der Waals surface area contributed by atoms with Crippen molar-refractivity contribution in [1.29, 1.82) is 0 Å². The first-order valence-corrected chi connectivity index (χ1v) is 7.25. The number of aliphatic hydroxyl groups excluding tert-OH is 1. The number of nitrogens with zero attached hydrogens (tertiary/aromatic N) is 2. The third kappa shape index (κ3) is 4.05. The van der Waals surface area contributed by atoms with E-state index in [0.29, 0.717) is 18.3 Å². The number of methoxy groups -OCH3 is 1. The first kappa shape index (κ1) is 15.0. The molecule has 0 amide bonds. The molecule has 2 rings (SSSR count). The molecule has 0 aliphatic heterocycles. The Labute approximate surface area is 120 Å². The van der Waals surface area contributed by atoms with Crippen molar-refractivity contribution in [2.45, 2.75) is 38.9 Å². The zero-order chi connectivity index (χ0) is 14.4. The van der Waals surface area contributed by atoms with Gasteiger partial charge in [0.05, 0.1) is 6.10 Å². The van der Waals surface area contributed by atoms with Crippen LogP contribution in [0, 0.1) is 5.92 Å². The Morgan fingerprint density at radius 3 is 2.65 bits per heavy atom. The Hall–Kier alpha value is -1.40. The van der Waals surface area contributed by atoms with Gasteiger partial charge < -0.3 is 20.5 Å². The summed E-state index contributed by atoms with van der Waals surface area (Å²) < 4.78 is 5.09. The van der Waals surface area contributed by atoms with Crippen molar-refractivity contribution in [2.24, 2.45) is 5.92 Å². The lowest BCUT2D eigenvalue weighted by Crippen LogP contribution is -2.22. The van der Waals surface area contributed by atoms with Gasteiger partial charge in [-0.3, -0.25) is 0 Å². The zero-order valence-electron chi connectivity index (χ0n) is 12.2. The molecule has 0 saturated heterocycles. The van der Waals surface area contributed by atoms with Gasteiger partial charge in [-0.05, 0) is 19.8 Å². The van der Waals surface area contributed by atoms with Crippen molar-refractivity contribution in [3.8, 4) is 0 Å². The molecule has 1 aromatic rings. The largest absolute Gasteiger partial charge is 0.393 e. The Morgan fingerprint density at radius 1 is 1.30 bits per heavy atom. The van der Waals surface area contributed by atoms with Crippen LogP contribution in [0.4, 0.5) is 11.6 Å². The number of hydrogen-bond donors (Lipinski definition) is 3. The van der Waals surface area contributed by atoms with Crippen LogP contribution in [0.15, 0.2) is 6.07 Å². The highest BCUT2D eigenvalue weighted by atomic mass is 16.5. The molecular formula is C14H24N4O2. The van der Waals surface area contributed by atoms with Crippen molar-refractivity contribution in [1.82, 2.24) is 9.97 Å². The number of aliphatic hydroxyl groups is 1. The molecular weight excluding hydrogens is 256 g/mol. The Bertz CT molecular complexity index is 403. The molecule has 1 aromatic heterocycles. The maximum absolute atomic E-state index is 9.84. The average Bonchev–Trinajstić information content (AvgIpc) is 2.83. The molecule has 1 aliphatic rings. The quantitative estimate of drug-likeness (QED) is 0.704. The molecule has 1 saturated carbocycles. The van der Waals surface area contributed by atoms with E-state index >= 15 is 0 Å². The van der Waals surface area contributed by atoms with Crippen LogP contribution in [0.5, 0.6) is 0 Å². The molecule has 0 radical (unpaired) electrons. The summed E-state index contributed by atoms with van der Waals surface area (Å²) in [5, 5.41) is 16.3. The van der Waals surface area contributed by atoms with E-state index in [1.165, 1.54) is 0 Å². The second-order valence-electron chi connectivity index (χ2n) is 5.16. The Balaban J connectivity index is 2.01. The fraction of sp³-hybridized carbons (Fsp3) is 0.714. The summed E-state index contributed by atoms with van der Waals surface area (Å²) in [4.78, 5) is 8.79. The lowest BCUT2D eigenvalue weighted by atomic mass is 10.1. The van der Waals surface area contributed by atoms with Crippen molar-refractivity contribution in [2.75, 3.05) is 30.8 Å². The van der Waals surface area contributed by atoms with Crippen LogP contribution < -0.4 is 10.6 Å². The van der Waals surface area contributed by atoms with E-state index in [1.807, 2.05) is 13.0 Å². The molecule has 20 heavy (non-hydrogen) atoms. The minimum Gasteiger partial charge on any atom is -0.393 e. The van der Waals surface area contributed by atoms with Gasteiger partial charge in [0, 0.05) is 32.2 Å². The van der Waals surface area contributed by atoms with Crippen LogP contribution in [-0.2, 0) is 11.3 Å². The summed E-state index contributed by atoms with van der Waals surface area (Å²) in [6.07, 6.45) is 2.91. The number of hydrogen-bond acceptors (Lipinski definition) is 6. The van der Waals surface area contributed by atoms with Gasteiger partial charge in [0.25, 0.3) is 0 Å². The molecule has 6 nitrogen and oxygen atoms in total. The van der Waals surface area contributed by atoms with Gasteiger partial charge in [-0.25, -0.2) is 9.97 Å². The van der Waals surface area contributed by atoms with Gasteiger partial charge in [0.15, 0.2) is 5.82 Å². The first-order chi connectivity index (χ1) is 9.72. The zero-order valence-corrected chi connectivity index (χ0v) is 12.2. The summed E-state index contributed by atoms with van der Waals surface area (Å²) in [6, 6.07) is 1.89. The Morgan fingerprint density at radius 2 is 2.05 bits per heavy atom. The normalized spacial score (nSPS) is 21.9. The third-order valence-corrected chi connectivity index (χ3v) is 3.57. The molecule has 112 valence electrons. The minimum absolute atomic E-state index is 0.184. The van der Waals surface area contributed by atoms with Crippen molar-refractivity contribution in [3.63, 3.8) is 0 Å². The molecule has 0 aromatic carbocycles. The molecule has 2 atom stereocenters. The third-order valence-electron chi connectivity index (χ3n) is 3.57. The van der Waals surface area contributed by atoms with Gasteiger partial charge in [-0.1, -0.05) is 6.42 Å². The van der Waals surface area contributed by atoms with Gasteiger partial charge >= 0.3 is 0 Å². The lowest BCUT2D eigenvalue weighted by Gasteiger charge is -2.16.